The van der Waals surface area contributed by atoms with Crippen molar-refractivity contribution in [2.75, 3.05) is 6.54 Å². The second-order valence-electron chi connectivity index (χ2n) is 4.97. The monoisotopic (exact) mass is 359 g/mol. The van der Waals surface area contributed by atoms with Gasteiger partial charge in [0.2, 0.25) is 5.91 Å². The van der Waals surface area contributed by atoms with E-state index in [9.17, 15) is 18.0 Å². The number of fused-ring (bicyclic) bond motifs is 1. The number of halogens is 3. The Balaban J connectivity index is 1.60. The van der Waals surface area contributed by atoms with Crippen molar-refractivity contribution in [3.05, 3.63) is 35.4 Å². The maximum Gasteiger partial charge on any atom is 0.416 e. The Hall–Kier alpha value is -1.48. The molecule has 1 aromatic rings. The van der Waals surface area contributed by atoms with Gasteiger partial charge in [-0.25, -0.2) is 5.01 Å². The SMILES string of the molecule is O=C1CCCN2N=C(SCc3ccc(C(F)(F)F)cc3)SC2=N1. The lowest BCUT2D eigenvalue weighted by Crippen LogP contribution is -2.18. The minimum atomic E-state index is -4.32. The lowest BCUT2D eigenvalue weighted by atomic mass is 10.1. The molecule has 0 atom stereocenters. The molecule has 0 saturated heterocycles. The Labute approximate surface area is 139 Å². The Bertz CT molecular complexity index is 671. The lowest BCUT2D eigenvalue weighted by Gasteiger charge is -2.08. The van der Waals surface area contributed by atoms with Crippen molar-refractivity contribution in [3.63, 3.8) is 0 Å². The van der Waals surface area contributed by atoms with Crippen LogP contribution in [0.25, 0.3) is 0 Å². The van der Waals surface area contributed by atoms with Crippen molar-refractivity contribution in [1.29, 1.82) is 0 Å². The number of carbonyl (C=O) groups excluding carboxylic acids is 1. The van der Waals surface area contributed by atoms with Crippen LogP contribution >= 0.6 is 23.5 Å². The zero-order valence-electron chi connectivity index (χ0n) is 11.8. The van der Waals surface area contributed by atoms with Crippen LogP contribution in [0.1, 0.15) is 24.0 Å². The van der Waals surface area contributed by atoms with Crippen LogP contribution < -0.4 is 0 Å². The van der Waals surface area contributed by atoms with E-state index in [1.807, 2.05) is 0 Å². The fourth-order valence-corrected chi connectivity index (χ4v) is 4.01. The van der Waals surface area contributed by atoms with Gasteiger partial charge < -0.3 is 0 Å². The van der Waals surface area contributed by atoms with Gasteiger partial charge in [0.15, 0.2) is 9.54 Å². The summed E-state index contributed by atoms with van der Waals surface area (Å²) in [6, 6.07) is 5.09. The second-order valence-corrected chi connectivity index (χ2v) is 7.14. The van der Waals surface area contributed by atoms with E-state index in [0.717, 1.165) is 22.1 Å². The topological polar surface area (TPSA) is 45.0 Å². The van der Waals surface area contributed by atoms with Gasteiger partial charge in [0.05, 0.1) is 5.56 Å². The Kier molecular flexibility index (Phi) is 4.67. The summed E-state index contributed by atoms with van der Waals surface area (Å²) in [5.41, 5.74) is 0.131. The number of nitrogens with zero attached hydrogens (tertiary/aromatic N) is 3. The van der Waals surface area contributed by atoms with Crippen molar-refractivity contribution in [3.8, 4) is 0 Å². The molecule has 122 valence electrons. The number of amidine groups is 1. The van der Waals surface area contributed by atoms with E-state index in [1.165, 1.54) is 35.7 Å². The highest BCUT2D eigenvalue weighted by molar-refractivity contribution is 8.45. The van der Waals surface area contributed by atoms with E-state index >= 15 is 0 Å². The smallest absolute Gasteiger partial charge is 0.273 e. The number of hydrogen-bond acceptors (Lipinski definition) is 5. The van der Waals surface area contributed by atoms with Crippen molar-refractivity contribution in [2.45, 2.75) is 24.8 Å². The van der Waals surface area contributed by atoms with Crippen molar-refractivity contribution in [1.82, 2.24) is 5.01 Å². The average molecular weight is 359 g/mol. The summed E-state index contributed by atoms with van der Waals surface area (Å²) in [7, 11) is 0. The van der Waals surface area contributed by atoms with Crippen LogP contribution in [0.2, 0.25) is 0 Å². The number of aliphatic imine (C=N–C) groups is 1. The Morgan fingerprint density at radius 2 is 2.00 bits per heavy atom. The highest BCUT2D eigenvalue weighted by Crippen LogP contribution is 2.33. The van der Waals surface area contributed by atoms with Gasteiger partial charge in [-0.2, -0.15) is 23.3 Å². The van der Waals surface area contributed by atoms with Crippen LogP contribution in [0.15, 0.2) is 34.4 Å². The maximum absolute atomic E-state index is 12.5. The molecular weight excluding hydrogens is 347 g/mol. The predicted molar refractivity (Wildman–Crippen MR) is 86.1 cm³/mol. The van der Waals surface area contributed by atoms with Crippen molar-refractivity contribution < 1.29 is 18.0 Å². The number of benzene rings is 1. The first-order valence-electron chi connectivity index (χ1n) is 6.86. The summed E-state index contributed by atoms with van der Waals surface area (Å²) in [5.74, 6) is 0.373. The van der Waals surface area contributed by atoms with Gasteiger partial charge in [-0.05, 0) is 35.9 Å². The molecule has 9 heteroatoms. The molecule has 0 unspecified atom stereocenters. The summed E-state index contributed by atoms with van der Waals surface area (Å²) in [5, 5.41) is 6.69. The molecule has 0 saturated carbocycles. The van der Waals surface area contributed by atoms with E-state index in [4.69, 9.17) is 0 Å². The van der Waals surface area contributed by atoms with E-state index in [-0.39, 0.29) is 5.91 Å². The highest BCUT2D eigenvalue weighted by Gasteiger charge is 2.30. The van der Waals surface area contributed by atoms with Crippen LogP contribution in [0.5, 0.6) is 0 Å². The number of hydrazone groups is 1. The molecule has 0 radical (unpaired) electrons. The molecule has 0 N–H and O–H groups in total. The minimum Gasteiger partial charge on any atom is -0.273 e. The van der Waals surface area contributed by atoms with E-state index in [1.54, 1.807) is 5.01 Å². The third-order valence-corrected chi connectivity index (χ3v) is 5.38. The lowest BCUT2D eigenvalue weighted by molar-refractivity contribution is -0.137. The summed E-state index contributed by atoms with van der Waals surface area (Å²) < 4.78 is 38.3. The van der Waals surface area contributed by atoms with Crippen LogP contribution in [0.3, 0.4) is 0 Å². The zero-order chi connectivity index (χ0) is 16.4. The number of rotatable bonds is 2. The van der Waals surface area contributed by atoms with Crippen LogP contribution in [-0.2, 0) is 16.7 Å². The van der Waals surface area contributed by atoms with E-state index in [0.29, 0.717) is 30.3 Å². The first-order chi connectivity index (χ1) is 10.9. The zero-order valence-corrected chi connectivity index (χ0v) is 13.5. The molecule has 23 heavy (non-hydrogen) atoms. The molecule has 0 bridgehead atoms. The number of amides is 1. The van der Waals surface area contributed by atoms with Crippen molar-refractivity contribution >= 4 is 39.0 Å². The minimum absolute atomic E-state index is 0.140. The largest absolute Gasteiger partial charge is 0.416 e. The molecule has 1 aromatic carbocycles. The van der Waals surface area contributed by atoms with Gasteiger partial charge in [-0.15, -0.1) is 0 Å². The molecule has 0 spiro atoms. The van der Waals surface area contributed by atoms with Crippen LogP contribution in [0.4, 0.5) is 13.2 Å². The maximum atomic E-state index is 12.5. The quantitative estimate of drug-likeness (QED) is 0.802. The van der Waals surface area contributed by atoms with E-state index in [2.05, 4.69) is 10.1 Å². The van der Waals surface area contributed by atoms with Gasteiger partial charge in [0.25, 0.3) is 0 Å². The average Bonchev–Trinajstić information content (AvgIpc) is 2.78. The fraction of sp³-hybridized carbons (Fsp3) is 0.357. The van der Waals surface area contributed by atoms with Gasteiger partial charge in [-0.3, -0.25) is 4.79 Å². The van der Waals surface area contributed by atoms with Gasteiger partial charge in [0, 0.05) is 18.7 Å². The van der Waals surface area contributed by atoms with Crippen LogP contribution in [0, 0.1) is 0 Å². The molecule has 0 aliphatic carbocycles. The Morgan fingerprint density at radius 3 is 2.70 bits per heavy atom. The molecule has 4 nitrogen and oxygen atoms in total. The highest BCUT2D eigenvalue weighted by atomic mass is 32.2. The molecule has 1 amide bonds. The third-order valence-electron chi connectivity index (χ3n) is 3.23. The molecule has 2 aliphatic heterocycles. The number of alkyl halides is 3. The first-order valence-corrected chi connectivity index (χ1v) is 8.66. The summed E-state index contributed by atoms with van der Waals surface area (Å²) in [6.45, 7) is 0.655. The third kappa shape index (κ3) is 4.08. The number of carbonyl (C=O) groups is 1. The van der Waals surface area contributed by atoms with Crippen molar-refractivity contribution in [2.24, 2.45) is 10.1 Å². The molecule has 3 rings (SSSR count). The number of hydrogen-bond donors (Lipinski definition) is 0. The standard InChI is InChI=1S/C14H12F3N3OS2/c15-14(16,17)10-5-3-9(4-6-10)8-22-13-19-20-7-1-2-11(21)18-12(20)23-13/h3-6H,1-2,7-8H2. The molecule has 2 heterocycles. The fourth-order valence-electron chi connectivity index (χ4n) is 2.05. The van der Waals surface area contributed by atoms with Gasteiger partial charge in [0.1, 0.15) is 0 Å². The van der Waals surface area contributed by atoms with Crippen LogP contribution in [-0.4, -0.2) is 27.0 Å². The second kappa shape index (κ2) is 6.56. The normalized spacial score (nSPS) is 18.4. The van der Waals surface area contributed by atoms with Gasteiger partial charge in [-0.1, -0.05) is 23.9 Å². The summed E-state index contributed by atoms with van der Waals surface area (Å²) >= 11 is 2.75. The summed E-state index contributed by atoms with van der Waals surface area (Å²) in [6.07, 6.45) is -3.17. The van der Waals surface area contributed by atoms with E-state index < -0.39 is 11.7 Å². The summed E-state index contributed by atoms with van der Waals surface area (Å²) in [4.78, 5) is 15.4. The first kappa shape index (κ1) is 16.4. The molecular formula is C14H12F3N3OS2. The predicted octanol–water partition coefficient (Wildman–Crippen LogP) is 3.93. The van der Waals surface area contributed by atoms with Gasteiger partial charge >= 0.3 is 6.18 Å². The molecule has 0 aromatic heterocycles. The molecule has 2 aliphatic rings. The Morgan fingerprint density at radius 1 is 1.26 bits per heavy atom. The molecule has 0 fully saturated rings. The number of thioether (sulfide) groups is 2.